The molecule has 3 aliphatic rings. The molecule has 1 heterocycles. The number of hydrogen-bond acceptors (Lipinski definition) is 3. The summed E-state index contributed by atoms with van der Waals surface area (Å²) in [5, 5.41) is 5.61. The van der Waals surface area contributed by atoms with Gasteiger partial charge in [0.05, 0.1) is 0 Å². The standard InChI is InChI=1S/C38H44F3N3O2/c39-38(40,41)26-42-36(46)37(33-18-8-6-15-30(33)31-16-7-9-19-34(31)37)22-10-11-23-44-24-20-28(21-25-44)43-35(45)32-17-5-4-14-29(32)27-12-2-1-3-13-27/h1-3,6-9,12-13,15-16,18-19,28-29,32H,4-5,10-11,14,17,20-26H2,(H,42,46)(H,43,45)/t29-,32?/m1/s1. The number of halogens is 3. The quantitative estimate of drug-likeness (QED) is 0.230. The predicted octanol–water partition coefficient (Wildman–Crippen LogP) is 7.36. The van der Waals surface area contributed by atoms with Crippen LogP contribution in [0.5, 0.6) is 0 Å². The van der Waals surface area contributed by atoms with Crippen molar-refractivity contribution in [1.29, 1.82) is 0 Å². The number of piperidine rings is 1. The van der Waals surface area contributed by atoms with E-state index in [-0.39, 0.29) is 23.8 Å². The first-order chi connectivity index (χ1) is 22.3. The van der Waals surface area contributed by atoms with Crippen LogP contribution in [0.1, 0.15) is 80.4 Å². The second kappa shape index (κ2) is 14.0. The molecule has 46 heavy (non-hydrogen) atoms. The van der Waals surface area contributed by atoms with Crippen molar-refractivity contribution < 1.29 is 22.8 Å². The minimum atomic E-state index is -4.49. The summed E-state index contributed by atoms with van der Waals surface area (Å²) < 4.78 is 39.5. The molecule has 0 bridgehead atoms. The highest BCUT2D eigenvalue weighted by Gasteiger charge is 2.49. The Hall–Kier alpha value is -3.65. The second-order valence-corrected chi connectivity index (χ2v) is 13.3. The molecule has 3 aromatic rings. The van der Waals surface area contributed by atoms with Crippen molar-refractivity contribution in [3.05, 3.63) is 95.6 Å². The Morgan fingerprint density at radius 1 is 0.783 bits per heavy atom. The van der Waals surface area contributed by atoms with Crippen molar-refractivity contribution in [2.75, 3.05) is 26.2 Å². The summed E-state index contributed by atoms with van der Waals surface area (Å²) in [5.74, 6) is -0.0853. The number of amides is 2. The van der Waals surface area contributed by atoms with Gasteiger partial charge in [-0.25, -0.2) is 0 Å². The van der Waals surface area contributed by atoms with Gasteiger partial charge in [0.15, 0.2) is 0 Å². The van der Waals surface area contributed by atoms with Gasteiger partial charge in [-0.2, -0.15) is 13.2 Å². The van der Waals surface area contributed by atoms with Gasteiger partial charge in [0.1, 0.15) is 12.0 Å². The third kappa shape index (κ3) is 6.87. The topological polar surface area (TPSA) is 61.4 Å². The molecule has 1 unspecified atom stereocenters. The van der Waals surface area contributed by atoms with Crippen LogP contribution in [0.4, 0.5) is 13.2 Å². The summed E-state index contributed by atoms with van der Waals surface area (Å²) in [5.41, 5.74) is 3.48. The molecule has 2 N–H and O–H groups in total. The first-order valence-electron chi connectivity index (χ1n) is 16.9. The van der Waals surface area contributed by atoms with E-state index in [0.29, 0.717) is 12.8 Å². The Morgan fingerprint density at radius 2 is 1.39 bits per heavy atom. The number of fused-ring (bicyclic) bond motifs is 3. The molecule has 1 aliphatic heterocycles. The lowest BCUT2D eigenvalue weighted by Crippen LogP contribution is -2.48. The number of rotatable bonds is 10. The zero-order valence-corrected chi connectivity index (χ0v) is 26.3. The van der Waals surface area contributed by atoms with Crippen LogP contribution in [0, 0.1) is 5.92 Å². The number of likely N-dealkylation sites (tertiary alicyclic amines) is 1. The molecule has 6 rings (SSSR count). The fourth-order valence-electron chi connectivity index (χ4n) is 8.16. The number of nitrogens with one attached hydrogen (secondary N) is 2. The molecule has 3 aromatic carbocycles. The van der Waals surface area contributed by atoms with E-state index in [1.165, 1.54) is 12.0 Å². The first kappa shape index (κ1) is 32.3. The van der Waals surface area contributed by atoms with E-state index in [1.807, 2.05) is 54.6 Å². The molecule has 2 fully saturated rings. The van der Waals surface area contributed by atoms with Crippen molar-refractivity contribution in [1.82, 2.24) is 15.5 Å². The molecule has 2 aliphatic carbocycles. The maximum Gasteiger partial charge on any atom is 0.405 e. The highest BCUT2D eigenvalue weighted by Crippen LogP contribution is 2.51. The number of benzene rings is 3. The summed E-state index contributed by atoms with van der Waals surface area (Å²) >= 11 is 0. The van der Waals surface area contributed by atoms with E-state index >= 15 is 0 Å². The predicted molar refractivity (Wildman–Crippen MR) is 174 cm³/mol. The van der Waals surface area contributed by atoms with Gasteiger partial charge in [0.2, 0.25) is 11.8 Å². The Bertz CT molecular complexity index is 1450. The van der Waals surface area contributed by atoms with E-state index in [0.717, 1.165) is 80.4 Å². The zero-order chi connectivity index (χ0) is 32.1. The van der Waals surface area contributed by atoms with E-state index < -0.39 is 24.0 Å². The minimum Gasteiger partial charge on any atom is -0.353 e. The van der Waals surface area contributed by atoms with Gasteiger partial charge in [-0.1, -0.05) is 98.1 Å². The number of alkyl halides is 3. The first-order valence-corrected chi connectivity index (χ1v) is 16.9. The Labute approximate surface area is 270 Å². The fraction of sp³-hybridized carbons (Fsp3) is 0.474. The van der Waals surface area contributed by atoms with Crippen LogP contribution in [0.2, 0.25) is 0 Å². The molecule has 1 saturated carbocycles. The minimum absolute atomic E-state index is 0.0284. The van der Waals surface area contributed by atoms with Crippen LogP contribution in [0.15, 0.2) is 78.9 Å². The highest BCUT2D eigenvalue weighted by molar-refractivity contribution is 6.00. The molecule has 0 radical (unpaired) electrons. The lowest BCUT2D eigenvalue weighted by Gasteiger charge is -2.36. The summed E-state index contributed by atoms with van der Waals surface area (Å²) in [4.78, 5) is 29.5. The zero-order valence-electron chi connectivity index (χ0n) is 26.3. The van der Waals surface area contributed by atoms with Gasteiger partial charge in [0.25, 0.3) is 0 Å². The summed E-state index contributed by atoms with van der Waals surface area (Å²) in [7, 11) is 0. The van der Waals surface area contributed by atoms with Crippen LogP contribution in [0.25, 0.3) is 11.1 Å². The third-order valence-corrected chi connectivity index (χ3v) is 10.4. The highest BCUT2D eigenvalue weighted by atomic mass is 19.4. The number of carbonyl (C=O) groups is 2. The molecular weight excluding hydrogens is 587 g/mol. The molecule has 8 heteroatoms. The van der Waals surface area contributed by atoms with Crippen LogP contribution in [0.3, 0.4) is 0 Å². The summed E-state index contributed by atoms with van der Waals surface area (Å²) in [6.45, 7) is 1.28. The maximum absolute atomic E-state index is 13.7. The van der Waals surface area contributed by atoms with E-state index in [4.69, 9.17) is 0 Å². The number of nitrogens with zero attached hydrogens (tertiary/aromatic N) is 1. The molecule has 0 spiro atoms. The molecule has 2 atom stereocenters. The molecule has 244 valence electrons. The van der Waals surface area contributed by atoms with Gasteiger partial charge in [-0.15, -0.1) is 0 Å². The van der Waals surface area contributed by atoms with Crippen LogP contribution >= 0.6 is 0 Å². The summed E-state index contributed by atoms with van der Waals surface area (Å²) in [6.07, 6.45) is 3.54. The van der Waals surface area contributed by atoms with Crippen molar-refractivity contribution in [3.63, 3.8) is 0 Å². The molecule has 5 nitrogen and oxygen atoms in total. The SMILES string of the molecule is O=C(NC1CCN(CCCCC2(C(=O)NCC(F)(F)F)c3ccccc3-c3ccccc32)CC1)C1CCCC[C@@H]1c1ccccc1. The monoisotopic (exact) mass is 631 g/mol. The fourth-order valence-corrected chi connectivity index (χ4v) is 8.16. The van der Waals surface area contributed by atoms with Crippen LogP contribution in [-0.4, -0.2) is 55.1 Å². The smallest absolute Gasteiger partial charge is 0.353 e. The molecule has 2 amide bonds. The average Bonchev–Trinajstić information content (AvgIpc) is 3.37. The van der Waals surface area contributed by atoms with Crippen molar-refractivity contribution in [2.45, 2.75) is 81.3 Å². The number of unbranched alkanes of at least 4 members (excludes halogenated alkanes) is 1. The van der Waals surface area contributed by atoms with Crippen molar-refractivity contribution in [2.24, 2.45) is 5.92 Å². The molecule has 1 saturated heterocycles. The van der Waals surface area contributed by atoms with Crippen molar-refractivity contribution >= 4 is 11.8 Å². The van der Waals surface area contributed by atoms with Gasteiger partial charge in [-0.3, -0.25) is 9.59 Å². The van der Waals surface area contributed by atoms with Gasteiger partial charge < -0.3 is 15.5 Å². The van der Waals surface area contributed by atoms with Crippen molar-refractivity contribution in [3.8, 4) is 11.1 Å². The van der Waals surface area contributed by atoms with Gasteiger partial charge in [0, 0.05) is 25.0 Å². The van der Waals surface area contributed by atoms with E-state index in [9.17, 15) is 22.8 Å². The molecule has 0 aromatic heterocycles. The van der Waals surface area contributed by atoms with E-state index in [2.05, 4.69) is 39.8 Å². The number of hydrogen-bond donors (Lipinski definition) is 2. The lowest BCUT2D eigenvalue weighted by molar-refractivity contribution is -0.141. The van der Waals surface area contributed by atoms with E-state index in [1.54, 1.807) is 0 Å². The third-order valence-electron chi connectivity index (χ3n) is 10.4. The molecular formula is C38H44F3N3O2. The van der Waals surface area contributed by atoms with Gasteiger partial charge in [-0.05, 0) is 78.8 Å². The second-order valence-electron chi connectivity index (χ2n) is 13.3. The van der Waals surface area contributed by atoms with Crippen LogP contribution < -0.4 is 10.6 Å². The summed E-state index contributed by atoms with van der Waals surface area (Å²) in [6, 6.07) is 25.8. The average molecular weight is 632 g/mol. The Kier molecular flexibility index (Phi) is 9.83. The van der Waals surface area contributed by atoms with Gasteiger partial charge >= 0.3 is 6.18 Å². The largest absolute Gasteiger partial charge is 0.405 e. The number of carbonyl (C=O) groups excluding carboxylic acids is 2. The van der Waals surface area contributed by atoms with Crippen LogP contribution in [-0.2, 0) is 15.0 Å². The Balaban J connectivity index is 1.04. The Morgan fingerprint density at radius 3 is 2.04 bits per heavy atom. The normalized spacial score (nSPS) is 21.3. The lowest BCUT2D eigenvalue weighted by atomic mass is 9.73. The maximum atomic E-state index is 13.7.